The van der Waals surface area contributed by atoms with Crippen LogP contribution in [0.4, 0.5) is 0 Å². The summed E-state index contributed by atoms with van der Waals surface area (Å²) in [6.45, 7) is 23.4. The third kappa shape index (κ3) is 9.22. The van der Waals surface area contributed by atoms with Crippen LogP contribution in [0.2, 0.25) is 0 Å². The van der Waals surface area contributed by atoms with Gasteiger partial charge in [-0.2, -0.15) is 0 Å². The molecule has 5 fully saturated rings. The quantitative estimate of drug-likeness (QED) is 0.0652. The summed E-state index contributed by atoms with van der Waals surface area (Å²) >= 11 is 0. The number of fused-ring (bicyclic) bond motifs is 7. The topological polar surface area (TPSA) is 66.8 Å². The van der Waals surface area contributed by atoms with Gasteiger partial charge in [-0.05, 0) is 105 Å². The van der Waals surface area contributed by atoms with Crippen molar-refractivity contribution in [2.45, 2.75) is 253 Å². The molecule has 0 unspecified atom stereocenters. The first-order chi connectivity index (χ1) is 26.6. The van der Waals surface area contributed by atoms with Crippen molar-refractivity contribution >= 4 is 5.97 Å². The molecule has 4 heteroatoms. The lowest BCUT2D eigenvalue weighted by Gasteiger charge is -2.74. The third-order valence-electron chi connectivity index (χ3n) is 18.8. The van der Waals surface area contributed by atoms with Crippen LogP contribution < -0.4 is 0 Å². The standard InChI is InChI=1S/C52H92O4/c1-10-11-12-13-14-15-16-17-18-19-20-21-22-23-24-25-26-27-28-29-46(55)56-45-33-35-50(7)41-31-30-40-47-39(38(2)3)32-34-49(47,6)37-44(54)51(40,8)52(41,9)43(53)36-42(50)48(45,4)5/h39-45,47,53-54H,2,10-37H2,1,3-9H3/t39-,40+,41+,42-,43-,44-,45-,47+,49+,50+,51-,52-/m0/s1. The molecule has 0 bridgehead atoms. The third-order valence-corrected chi connectivity index (χ3v) is 18.8. The molecule has 5 aliphatic carbocycles. The minimum Gasteiger partial charge on any atom is -0.462 e. The summed E-state index contributed by atoms with van der Waals surface area (Å²) < 4.78 is 6.38. The number of carbonyl (C=O) groups is 1. The van der Waals surface area contributed by atoms with Gasteiger partial charge in [0.05, 0.1) is 12.2 Å². The van der Waals surface area contributed by atoms with E-state index in [9.17, 15) is 15.0 Å². The molecule has 5 rings (SSSR count). The van der Waals surface area contributed by atoms with Crippen molar-refractivity contribution in [3.8, 4) is 0 Å². The molecule has 0 aliphatic heterocycles. The lowest BCUT2D eigenvalue weighted by Crippen LogP contribution is -2.73. The van der Waals surface area contributed by atoms with Crippen molar-refractivity contribution in [2.75, 3.05) is 0 Å². The Hall–Kier alpha value is -0.870. The number of carbonyl (C=O) groups excluding carboxylic acids is 1. The maximum Gasteiger partial charge on any atom is 0.306 e. The molecule has 5 saturated carbocycles. The van der Waals surface area contributed by atoms with E-state index in [4.69, 9.17) is 4.74 Å². The number of rotatable bonds is 22. The van der Waals surface area contributed by atoms with E-state index in [1.54, 1.807) is 0 Å². The number of aliphatic hydroxyl groups is 2. The van der Waals surface area contributed by atoms with Crippen LogP contribution in [-0.2, 0) is 9.53 Å². The lowest BCUT2D eigenvalue weighted by molar-refractivity contribution is -0.306. The van der Waals surface area contributed by atoms with Gasteiger partial charge in [-0.25, -0.2) is 0 Å². The first-order valence-corrected chi connectivity index (χ1v) is 24.8. The van der Waals surface area contributed by atoms with Gasteiger partial charge in [-0.3, -0.25) is 4.79 Å². The Bertz CT molecular complexity index is 1260. The predicted octanol–water partition coefficient (Wildman–Crippen LogP) is 14.3. The first-order valence-electron chi connectivity index (χ1n) is 24.8. The van der Waals surface area contributed by atoms with Gasteiger partial charge < -0.3 is 14.9 Å². The molecule has 56 heavy (non-hydrogen) atoms. The average molecular weight is 781 g/mol. The zero-order chi connectivity index (χ0) is 40.8. The molecule has 0 heterocycles. The van der Waals surface area contributed by atoms with Crippen LogP contribution in [0.25, 0.3) is 0 Å². The van der Waals surface area contributed by atoms with E-state index in [1.807, 2.05) is 0 Å². The van der Waals surface area contributed by atoms with Crippen LogP contribution >= 0.6 is 0 Å². The van der Waals surface area contributed by atoms with E-state index in [1.165, 1.54) is 128 Å². The normalized spacial score (nSPS) is 40.0. The molecule has 324 valence electrons. The Morgan fingerprint density at radius 3 is 1.68 bits per heavy atom. The minimum atomic E-state index is -0.486. The second-order valence-electron chi connectivity index (χ2n) is 22.5. The van der Waals surface area contributed by atoms with Gasteiger partial charge in [0.1, 0.15) is 6.10 Å². The summed E-state index contributed by atoms with van der Waals surface area (Å²) in [4.78, 5) is 13.3. The molecule has 0 aromatic rings. The molecule has 0 saturated heterocycles. The fraction of sp³-hybridized carbons (Fsp3) is 0.942. The SMILES string of the molecule is C=C(C)[C@@H]1CC[C@]2(C)C[C@H](O)[C@]3(C)[C@H](CC[C@@H]4[C@@]5(C)CC[C@H](OC(=O)CCCCCCCCCCCCCCCCCCCCC)C(C)(C)[C@@H]5C[C@H](O)[C@]43C)[C@@H]12. The Balaban J connectivity index is 1.02. The Kier molecular flexibility index (Phi) is 16.2. The number of hydrogen-bond acceptors (Lipinski definition) is 4. The predicted molar refractivity (Wildman–Crippen MR) is 235 cm³/mol. The summed E-state index contributed by atoms with van der Waals surface area (Å²) in [5.41, 5.74) is 0.576. The van der Waals surface area contributed by atoms with E-state index >= 15 is 0 Å². The Morgan fingerprint density at radius 1 is 0.643 bits per heavy atom. The lowest BCUT2D eigenvalue weighted by atomic mass is 9.31. The highest BCUT2D eigenvalue weighted by Crippen LogP contribution is 2.77. The summed E-state index contributed by atoms with van der Waals surface area (Å²) in [6.07, 6.45) is 33.3. The van der Waals surface area contributed by atoms with E-state index in [0.29, 0.717) is 30.1 Å². The molecule has 0 radical (unpaired) electrons. The molecule has 0 spiro atoms. The molecule has 5 aliphatic rings. The number of aliphatic hydroxyl groups excluding tert-OH is 2. The van der Waals surface area contributed by atoms with Gasteiger partial charge in [-0.15, -0.1) is 0 Å². The number of allylic oxidation sites excluding steroid dienone is 1. The summed E-state index contributed by atoms with van der Waals surface area (Å²) in [7, 11) is 0. The number of unbranched alkanes of at least 4 members (excludes halogenated alkanes) is 18. The Labute approximate surface area is 346 Å². The molecule has 0 aromatic heterocycles. The largest absolute Gasteiger partial charge is 0.462 e. The van der Waals surface area contributed by atoms with Crippen LogP contribution in [0.1, 0.15) is 235 Å². The van der Waals surface area contributed by atoms with Crippen LogP contribution in [0, 0.1) is 56.7 Å². The average Bonchev–Trinajstić information content (AvgIpc) is 3.49. The maximum atomic E-state index is 13.3. The number of esters is 1. The van der Waals surface area contributed by atoms with Gasteiger partial charge in [0.25, 0.3) is 0 Å². The minimum absolute atomic E-state index is 0.0233. The van der Waals surface area contributed by atoms with Crippen molar-refractivity contribution in [2.24, 2.45) is 56.7 Å². The second kappa shape index (κ2) is 19.7. The van der Waals surface area contributed by atoms with Crippen molar-refractivity contribution in [1.82, 2.24) is 0 Å². The van der Waals surface area contributed by atoms with E-state index < -0.39 is 12.2 Å². The summed E-state index contributed by atoms with van der Waals surface area (Å²) in [6, 6.07) is 0. The highest BCUT2D eigenvalue weighted by Gasteiger charge is 2.75. The van der Waals surface area contributed by atoms with Crippen molar-refractivity contribution in [1.29, 1.82) is 0 Å². The van der Waals surface area contributed by atoms with Gasteiger partial charge in [0.15, 0.2) is 0 Å². The van der Waals surface area contributed by atoms with E-state index in [2.05, 4.69) is 62.0 Å². The zero-order valence-electron chi connectivity index (χ0n) is 38.3. The monoisotopic (exact) mass is 781 g/mol. The van der Waals surface area contributed by atoms with E-state index in [-0.39, 0.29) is 45.1 Å². The maximum absolute atomic E-state index is 13.3. The van der Waals surface area contributed by atoms with Gasteiger partial charge in [0.2, 0.25) is 0 Å². The van der Waals surface area contributed by atoms with Crippen LogP contribution in [0.3, 0.4) is 0 Å². The van der Waals surface area contributed by atoms with Crippen LogP contribution in [0.15, 0.2) is 12.2 Å². The molecule has 0 aromatic carbocycles. The zero-order valence-corrected chi connectivity index (χ0v) is 38.3. The van der Waals surface area contributed by atoms with Crippen LogP contribution in [-0.4, -0.2) is 34.5 Å². The molecule has 0 amide bonds. The fourth-order valence-electron chi connectivity index (χ4n) is 15.3. The smallest absolute Gasteiger partial charge is 0.306 e. The molecule has 12 atom stereocenters. The fourth-order valence-corrected chi connectivity index (χ4v) is 15.3. The first kappa shape index (κ1) is 46.2. The molecular weight excluding hydrogens is 689 g/mol. The highest BCUT2D eigenvalue weighted by atomic mass is 16.5. The van der Waals surface area contributed by atoms with E-state index in [0.717, 1.165) is 51.4 Å². The number of hydrogen-bond donors (Lipinski definition) is 2. The Morgan fingerprint density at radius 2 is 1.16 bits per heavy atom. The number of ether oxygens (including phenoxy) is 1. The molecule has 2 N–H and O–H groups in total. The summed E-state index contributed by atoms with van der Waals surface area (Å²) in [5.74, 6) is 2.02. The van der Waals surface area contributed by atoms with Crippen molar-refractivity contribution in [3.05, 3.63) is 12.2 Å². The van der Waals surface area contributed by atoms with Crippen molar-refractivity contribution < 1.29 is 19.7 Å². The highest BCUT2D eigenvalue weighted by molar-refractivity contribution is 5.69. The van der Waals surface area contributed by atoms with Gasteiger partial charge in [0, 0.05) is 22.7 Å². The van der Waals surface area contributed by atoms with Gasteiger partial charge in [-0.1, -0.05) is 176 Å². The van der Waals surface area contributed by atoms with Crippen molar-refractivity contribution in [3.63, 3.8) is 0 Å². The summed E-state index contributed by atoms with van der Waals surface area (Å²) in [5, 5.41) is 24.8. The molecular formula is C52H92O4. The van der Waals surface area contributed by atoms with Crippen LogP contribution in [0.5, 0.6) is 0 Å². The molecule has 4 nitrogen and oxygen atoms in total. The van der Waals surface area contributed by atoms with Gasteiger partial charge >= 0.3 is 5.97 Å². The second-order valence-corrected chi connectivity index (χ2v) is 22.5.